The number of hydrogen-bond donors (Lipinski definition) is 4. The van der Waals surface area contributed by atoms with E-state index in [2.05, 4.69) is 25.7 Å². The van der Waals surface area contributed by atoms with E-state index in [1.54, 1.807) is 12.1 Å². The molecule has 1 saturated heterocycles. The third-order valence-electron chi connectivity index (χ3n) is 6.45. The van der Waals surface area contributed by atoms with E-state index in [0.717, 1.165) is 11.8 Å². The first-order valence-corrected chi connectivity index (χ1v) is 12.0. The van der Waals surface area contributed by atoms with E-state index in [0.29, 0.717) is 12.8 Å². The Kier molecular flexibility index (Phi) is 6.85. The van der Waals surface area contributed by atoms with Crippen LogP contribution < -0.4 is 15.5 Å². The molecule has 2 amide bonds. The monoisotopic (exact) mass is 545 g/mol. The third-order valence-corrected chi connectivity index (χ3v) is 6.45. The molecular formula is C25H23F4N7O3. The third kappa shape index (κ3) is 5.63. The van der Waals surface area contributed by atoms with Crippen LogP contribution in [0.15, 0.2) is 49.1 Å². The lowest BCUT2D eigenvalue weighted by Gasteiger charge is -2.36. The fourth-order valence-corrected chi connectivity index (χ4v) is 4.72. The summed E-state index contributed by atoms with van der Waals surface area (Å²) in [4.78, 5) is 32.4. The molecule has 5 rings (SSSR count). The first-order valence-electron chi connectivity index (χ1n) is 12.0. The molecule has 1 fully saturated rings. The van der Waals surface area contributed by atoms with E-state index in [9.17, 15) is 27.2 Å². The summed E-state index contributed by atoms with van der Waals surface area (Å²) in [5, 5.41) is 18.3. The summed E-state index contributed by atoms with van der Waals surface area (Å²) in [7, 11) is 0. The molecule has 1 aliphatic rings. The quantitative estimate of drug-likeness (QED) is 0.265. The molecule has 0 radical (unpaired) electrons. The summed E-state index contributed by atoms with van der Waals surface area (Å²) in [5.41, 5.74) is -0.0368. The van der Waals surface area contributed by atoms with Gasteiger partial charge in [0.2, 0.25) is 0 Å². The number of nitrogens with one attached hydrogen (secondary N) is 3. The number of carbonyl (C=O) groups excluding carboxylic acids is 1. The van der Waals surface area contributed by atoms with Crippen LogP contribution in [0.5, 0.6) is 0 Å². The number of fused-ring (bicyclic) bond motifs is 1. The molecule has 10 nitrogen and oxygen atoms in total. The predicted octanol–water partition coefficient (Wildman–Crippen LogP) is 4.45. The van der Waals surface area contributed by atoms with E-state index in [4.69, 9.17) is 5.11 Å². The van der Waals surface area contributed by atoms with Crippen molar-refractivity contribution in [3.8, 4) is 0 Å². The van der Waals surface area contributed by atoms with Crippen LogP contribution in [-0.4, -0.2) is 56.0 Å². The van der Waals surface area contributed by atoms with Gasteiger partial charge in [-0.3, -0.25) is 9.48 Å². The SMILES string of the molecule is O=C(O)N[C@@H]1CCCN(c2c(C(F)(F)F)cnc3[nH]cc(NC(=O)c4cnn(Cc5ccc(F)cc5)c4)c23)C1. The van der Waals surface area contributed by atoms with E-state index in [1.807, 2.05) is 0 Å². The first-order chi connectivity index (χ1) is 18.6. The molecule has 0 saturated carbocycles. The fourth-order valence-electron chi connectivity index (χ4n) is 4.72. The van der Waals surface area contributed by atoms with Crippen molar-refractivity contribution in [2.24, 2.45) is 0 Å². The Hall–Kier alpha value is -4.62. The smallest absolute Gasteiger partial charge is 0.419 e. The number of halogens is 4. The maximum absolute atomic E-state index is 14.1. The average molecular weight is 545 g/mol. The van der Waals surface area contributed by atoms with Crippen LogP contribution >= 0.6 is 0 Å². The Balaban J connectivity index is 1.45. The number of alkyl halides is 3. The van der Waals surface area contributed by atoms with Crippen molar-refractivity contribution in [3.05, 3.63) is 71.6 Å². The molecule has 1 aromatic carbocycles. The zero-order valence-corrected chi connectivity index (χ0v) is 20.3. The molecule has 4 N–H and O–H groups in total. The normalized spacial score (nSPS) is 15.9. The van der Waals surface area contributed by atoms with E-state index in [1.165, 1.54) is 40.3 Å². The molecule has 14 heteroatoms. The molecule has 0 bridgehead atoms. The zero-order chi connectivity index (χ0) is 27.7. The van der Waals surface area contributed by atoms with Crippen molar-refractivity contribution in [3.63, 3.8) is 0 Å². The summed E-state index contributed by atoms with van der Waals surface area (Å²) in [6.07, 6.45) is -0.174. The number of carboxylic acid groups (broad SMARTS) is 1. The number of nitrogens with zero attached hydrogens (tertiary/aromatic N) is 4. The lowest BCUT2D eigenvalue weighted by molar-refractivity contribution is -0.137. The highest BCUT2D eigenvalue weighted by molar-refractivity contribution is 6.11. The number of pyridine rings is 1. The average Bonchev–Trinajstić information content (AvgIpc) is 3.51. The largest absolute Gasteiger partial charge is 0.465 e. The lowest BCUT2D eigenvalue weighted by Crippen LogP contribution is -2.48. The van der Waals surface area contributed by atoms with Crippen LogP contribution in [0, 0.1) is 5.82 Å². The molecule has 39 heavy (non-hydrogen) atoms. The summed E-state index contributed by atoms with van der Waals surface area (Å²) in [6.45, 7) is 0.558. The van der Waals surface area contributed by atoms with Crippen LogP contribution in [0.25, 0.3) is 11.0 Å². The highest BCUT2D eigenvalue weighted by Crippen LogP contribution is 2.43. The Morgan fingerprint density at radius 1 is 1.18 bits per heavy atom. The summed E-state index contributed by atoms with van der Waals surface area (Å²) >= 11 is 0. The molecule has 4 heterocycles. The number of hydrogen-bond acceptors (Lipinski definition) is 5. The number of carbonyl (C=O) groups is 2. The number of amides is 2. The van der Waals surface area contributed by atoms with Gasteiger partial charge >= 0.3 is 12.3 Å². The van der Waals surface area contributed by atoms with Crippen LogP contribution in [0.4, 0.5) is 33.7 Å². The number of aromatic nitrogens is 4. The minimum Gasteiger partial charge on any atom is -0.465 e. The van der Waals surface area contributed by atoms with Crippen LogP contribution in [0.3, 0.4) is 0 Å². The van der Waals surface area contributed by atoms with Gasteiger partial charge in [-0.15, -0.1) is 0 Å². The Labute approximate surface area is 218 Å². The number of benzene rings is 1. The van der Waals surface area contributed by atoms with Gasteiger partial charge in [-0.05, 0) is 30.5 Å². The number of piperidine rings is 1. The van der Waals surface area contributed by atoms with Gasteiger partial charge in [0.25, 0.3) is 5.91 Å². The van der Waals surface area contributed by atoms with Crippen molar-refractivity contribution in [2.45, 2.75) is 31.6 Å². The number of rotatable bonds is 6. The van der Waals surface area contributed by atoms with E-state index < -0.39 is 29.8 Å². The first kappa shape index (κ1) is 26.0. The van der Waals surface area contributed by atoms with Crippen molar-refractivity contribution in [2.75, 3.05) is 23.3 Å². The molecule has 204 valence electrons. The second-order valence-electron chi connectivity index (χ2n) is 9.19. The molecular weight excluding hydrogens is 522 g/mol. The number of anilines is 2. The molecule has 4 aromatic rings. The van der Waals surface area contributed by atoms with Gasteiger partial charge in [-0.25, -0.2) is 14.2 Å². The number of aromatic amines is 1. The van der Waals surface area contributed by atoms with Gasteiger partial charge in [0.1, 0.15) is 11.5 Å². The van der Waals surface area contributed by atoms with Crippen molar-refractivity contribution in [1.29, 1.82) is 0 Å². The topological polar surface area (TPSA) is 128 Å². The van der Waals surface area contributed by atoms with Crippen molar-refractivity contribution < 1.29 is 32.3 Å². The van der Waals surface area contributed by atoms with Gasteiger partial charge in [-0.2, -0.15) is 18.3 Å². The van der Waals surface area contributed by atoms with Crippen molar-refractivity contribution in [1.82, 2.24) is 25.1 Å². The van der Waals surface area contributed by atoms with Gasteiger partial charge in [0.15, 0.2) is 0 Å². The number of H-pyrrole nitrogens is 1. The highest BCUT2D eigenvalue weighted by atomic mass is 19.4. The Bertz CT molecular complexity index is 1510. The molecule has 0 aliphatic carbocycles. The van der Waals surface area contributed by atoms with Gasteiger partial charge in [0.05, 0.1) is 40.6 Å². The maximum atomic E-state index is 14.1. The minimum absolute atomic E-state index is 0.0171. The molecule has 1 aliphatic heterocycles. The van der Waals surface area contributed by atoms with Gasteiger partial charge < -0.3 is 25.6 Å². The van der Waals surface area contributed by atoms with Crippen LogP contribution in [0.1, 0.15) is 34.3 Å². The van der Waals surface area contributed by atoms with E-state index in [-0.39, 0.29) is 53.4 Å². The lowest BCUT2D eigenvalue weighted by atomic mass is 10.0. The molecule has 1 atom stereocenters. The molecule has 3 aromatic heterocycles. The Morgan fingerprint density at radius 2 is 1.95 bits per heavy atom. The maximum Gasteiger partial charge on any atom is 0.419 e. The predicted molar refractivity (Wildman–Crippen MR) is 133 cm³/mol. The van der Waals surface area contributed by atoms with E-state index >= 15 is 0 Å². The van der Waals surface area contributed by atoms with Crippen LogP contribution in [-0.2, 0) is 12.7 Å². The second kappa shape index (κ2) is 10.3. The van der Waals surface area contributed by atoms with Crippen molar-refractivity contribution >= 4 is 34.4 Å². The summed E-state index contributed by atoms with van der Waals surface area (Å²) in [6, 6.07) is 5.24. The fraction of sp³-hybridized carbons (Fsp3) is 0.280. The molecule has 0 spiro atoms. The zero-order valence-electron chi connectivity index (χ0n) is 20.3. The highest BCUT2D eigenvalue weighted by Gasteiger charge is 2.38. The van der Waals surface area contributed by atoms with Gasteiger partial charge in [0, 0.05) is 37.7 Å². The standard InChI is InChI=1S/C25H23F4N7O3/c26-16-5-3-14(4-6-16)11-36-12-15(8-32-36)23(37)34-19-10-31-22-20(19)21(18(9-30-22)25(27,28)29)35-7-1-2-17(13-35)33-24(38)39/h3-6,8-10,12,17,33H,1-2,7,11,13H2,(H,30,31)(H,34,37)(H,38,39)/t17-/m1/s1. The Morgan fingerprint density at radius 3 is 2.67 bits per heavy atom. The minimum atomic E-state index is -4.75. The second-order valence-corrected chi connectivity index (χ2v) is 9.19. The summed E-state index contributed by atoms with van der Waals surface area (Å²) in [5.74, 6) is -0.979. The van der Waals surface area contributed by atoms with Crippen LogP contribution in [0.2, 0.25) is 0 Å². The van der Waals surface area contributed by atoms with Gasteiger partial charge in [-0.1, -0.05) is 12.1 Å². The molecule has 0 unspecified atom stereocenters. The summed E-state index contributed by atoms with van der Waals surface area (Å²) < 4.78 is 56.9.